The predicted octanol–water partition coefficient (Wildman–Crippen LogP) is -0.347. The van der Waals surface area contributed by atoms with E-state index < -0.39 is 26.1 Å². The van der Waals surface area contributed by atoms with Gasteiger partial charge in [0.2, 0.25) is 0 Å². The molecule has 23 heavy (non-hydrogen) atoms. The summed E-state index contributed by atoms with van der Waals surface area (Å²) in [5.41, 5.74) is 5.07. The second-order valence-corrected chi connectivity index (χ2v) is 7.18. The molecule has 128 valence electrons. The van der Waals surface area contributed by atoms with Gasteiger partial charge in [0.1, 0.15) is 31.5 Å². The van der Waals surface area contributed by atoms with Crippen LogP contribution in [0.15, 0.2) is 24.5 Å². The minimum absolute atomic E-state index is 0.112. The van der Waals surface area contributed by atoms with E-state index >= 15 is 0 Å². The maximum absolute atomic E-state index is 10.4. The quantitative estimate of drug-likeness (QED) is 0.539. The largest absolute Gasteiger partial charge is 0.573 e. The van der Waals surface area contributed by atoms with Crippen molar-refractivity contribution in [3.05, 3.63) is 30.1 Å². The zero-order valence-electron chi connectivity index (χ0n) is 12.3. The molecule has 2 aliphatic rings. The Morgan fingerprint density at radius 2 is 2.13 bits per heavy atom. The van der Waals surface area contributed by atoms with Gasteiger partial charge >= 0.3 is 8.17 Å². The third kappa shape index (κ3) is 3.69. The van der Waals surface area contributed by atoms with Crippen LogP contribution in [0, 0.1) is 0 Å². The summed E-state index contributed by atoms with van der Waals surface area (Å²) in [7, 11) is -3.60. The lowest BCUT2D eigenvalue weighted by atomic mass is 10.1. The molecule has 2 unspecified atom stereocenters. The van der Waals surface area contributed by atoms with E-state index in [2.05, 4.69) is 4.98 Å². The van der Waals surface area contributed by atoms with Crippen LogP contribution in [-0.4, -0.2) is 57.8 Å². The number of nitrogens with two attached hydrogens (primary N) is 1. The standard InChI is InChI=1S/C13H20N2O7P/c14-13(12(17)10(16)7-19-13)8-21-23(18)20-6-3-11(22-23)9-1-4-15-5-2-9/h1-2,4-5,10-12,16-18H,3,6-8,14H2/q+1/t10-,11?,12+,13-,23?/m1/s1. The van der Waals surface area contributed by atoms with Crippen LogP contribution in [0.25, 0.3) is 0 Å². The summed E-state index contributed by atoms with van der Waals surface area (Å²) >= 11 is 0. The summed E-state index contributed by atoms with van der Waals surface area (Å²) in [6, 6.07) is 3.57. The summed E-state index contributed by atoms with van der Waals surface area (Å²) in [6.07, 6.45) is 1.00. The van der Waals surface area contributed by atoms with Gasteiger partial charge in [0, 0.05) is 18.8 Å². The molecule has 0 spiro atoms. The first-order valence-corrected chi connectivity index (χ1v) is 8.70. The van der Waals surface area contributed by atoms with Crippen LogP contribution in [0.3, 0.4) is 0 Å². The first-order valence-electron chi connectivity index (χ1n) is 7.20. The SMILES string of the molecule is N[C@]1(CO[P+]2(O)OCCC(c3ccncc3)O2)OC[C@@H](O)[C@@H]1O. The van der Waals surface area contributed by atoms with Crippen LogP contribution in [0.1, 0.15) is 18.1 Å². The van der Waals surface area contributed by atoms with E-state index in [1.165, 1.54) is 0 Å². The van der Waals surface area contributed by atoms with Gasteiger partial charge < -0.3 is 14.9 Å². The predicted molar refractivity (Wildman–Crippen MR) is 78.6 cm³/mol. The highest BCUT2D eigenvalue weighted by atomic mass is 31.2. The summed E-state index contributed by atoms with van der Waals surface area (Å²) in [5, 5.41) is 19.3. The van der Waals surface area contributed by atoms with Gasteiger partial charge in [0.05, 0.1) is 6.61 Å². The first-order chi connectivity index (χ1) is 10.9. The molecule has 1 aromatic heterocycles. The minimum Gasteiger partial charge on any atom is -0.388 e. The lowest BCUT2D eigenvalue weighted by molar-refractivity contribution is -0.100. The van der Waals surface area contributed by atoms with Crippen LogP contribution in [0.4, 0.5) is 0 Å². The molecule has 0 aromatic carbocycles. The van der Waals surface area contributed by atoms with Crippen molar-refractivity contribution in [2.24, 2.45) is 5.73 Å². The molecule has 3 heterocycles. The van der Waals surface area contributed by atoms with Crippen LogP contribution in [0.5, 0.6) is 0 Å². The highest BCUT2D eigenvalue weighted by Gasteiger charge is 2.55. The number of hydrogen-bond acceptors (Lipinski definition) is 9. The lowest BCUT2D eigenvalue weighted by Crippen LogP contribution is -2.54. The normalized spacial score (nSPS) is 41.1. The Hall–Kier alpha value is -0.740. The lowest BCUT2D eigenvalue weighted by Gasteiger charge is -2.29. The zero-order valence-corrected chi connectivity index (χ0v) is 13.2. The molecule has 2 saturated heterocycles. The summed E-state index contributed by atoms with van der Waals surface area (Å²) in [5.74, 6) is 0. The van der Waals surface area contributed by atoms with Crippen molar-refractivity contribution in [2.45, 2.75) is 30.5 Å². The fraction of sp³-hybridized carbons (Fsp3) is 0.615. The van der Waals surface area contributed by atoms with Gasteiger partial charge in [0.15, 0.2) is 5.72 Å². The summed E-state index contributed by atoms with van der Waals surface area (Å²) in [6.45, 7) is -0.237. The molecule has 10 heteroatoms. The molecule has 0 aliphatic carbocycles. The minimum atomic E-state index is -3.60. The second-order valence-electron chi connectivity index (χ2n) is 5.52. The fourth-order valence-electron chi connectivity index (χ4n) is 2.44. The number of aromatic nitrogens is 1. The summed E-state index contributed by atoms with van der Waals surface area (Å²) < 4.78 is 21.3. The van der Waals surface area contributed by atoms with Crippen LogP contribution < -0.4 is 5.73 Å². The van der Waals surface area contributed by atoms with Gasteiger partial charge in [0.25, 0.3) is 0 Å². The van der Waals surface area contributed by atoms with Crippen molar-refractivity contribution in [2.75, 3.05) is 19.8 Å². The zero-order chi connectivity index (χ0) is 16.5. The van der Waals surface area contributed by atoms with E-state index in [9.17, 15) is 15.1 Å². The Morgan fingerprint density at radius 1 is 1.39 bits per heavy atom. The third-order valence-electron chi connectivity index (χ3n) is 3.81. The van der Waals surface area contributed by atoms with Gasteiger partial charge in [-0.05, 0) is 17.7 Å². The van der Waals surface area contributed by atoms with Gasteiger partial charge in [-0.25, -0.2) is 0 Å². The van der Waals surface area contributed by atoms with Crippen molar-refractivity contribution in [3.63, 3.8) is 0 Å². The third-order valence-corrected chi connectivity index (χ3v) is 5.30. The molecule has 1 aromatic rings. The molecule has 2 fully saturated rings. The van der Waals surface area contributed by atoms with Crippen LogP contribution in [0.2, 0.25) is 0 Å². The molecule has 3 rings (SSSR count). The van der Waals surface area contributed by atoms with Gasteiger partial charge in [-0.1, -0.05) is 0 Å². The van der Waals surface area contributed by atoms with Crippen molar-refractivity contribution in [1.29, 1.82) is 0 Å². The number of ether oxygens (including phenoxy) is 1. The average Bonchev–Trinajstić information content (AvgIpc) is 2.82. The molecule has 0 radical (unpaired) electrons. The van der Waals surface area contributed by atoms with Crippen molar-refractivity contribution >= 4 is 8.17 Å². The number of rotatable bonds is 4. The van der Waals surface area contributed by atoms with E-state index in [1.807, 2.05) is 0 Å². The molecular formula is C13H20N2O7P+. The molecule has 5 atom stereocenters. The van der Waals surface area contributed by atoms with Crippen molar-refractivity contribution in [3.8, 4) is 0 Å². The number of aliphatic hydroxyl groups is 2. The highest BCUT2D eigenvalue weighted by molar-refractivity contribution is 7.55. The van der Waals surface area contributed by atoms with Gasteiger partial charge in [-0.2, -0.15) is 9.42 Å². The van der Waals surface area contributed by atoms with E-state index in [1.54, 1.807) is 24.5 Å². The maximum atomic E-state index is 10.4. The topological polar surface area (TPSA) is 137 Å². The highest BCUT2D eigenvalue weighted by Crippen LogP contribution is 2.64. The van der Waals surface area contributed by atoms with Crippen molar-refractivity contribution < 1.29 is 33.4 Å². The average molecular weight is 347 g/mol. The van der Waals surface area contributed by atoms with Gasteiger partial charge in [-0.3, -0.25) is 10.7 Å². The van der Waals surface area contributed by atoms with Crippen molar-refractivity contribution in [1.82, 2.24) is 4.98 Å². The summed E-state index contributed by atoms with van der Waals surface area (Å²) in [4.78, 5) is 14.3. The molecule has 2 aliphatic heterocycles. The van der Waals surface area contributed by atoms with E-state index in [0.717, 1.165) is 5.56 Å². The molecule has 9 nitrogen and oxygen atoms in total. The van der Waals surface area contributed by atoms with E-state index in [4.69, 9.17) is 24.0 Å². The Kier molecular flexibility index (Phi) is 4.93. The molecule has 5 N–H and O–H groups in total. The maximum Gasteiger partial charge on any atom is 0.573 e. The van der Waals surface area contributed by atoms with Crippen LogP contribution in [-0.2, 0) is 18.3 Å². The number of aliphatic hydroxyl groups excluding tert-OH is 2. The Balaban J connectivity index is 1.63. The number of pyridine rings is 1. The smallest absolute Gasteiger partial charge is 0.388 e. The number of hydrogen-bond donors (Lipinski definition) is 4. The monoisotopic (exact) mass is 347 g/mol. The van der Waals surface area contributed by atoms with Crippen LogP contribution >= 0.6 is 8.17 Å². The molecule has 0 bridgehead atoms. The first kappa shape index (κ1) is 17.1. The molecule has 0 saturated carbocycles. The molecular weight excluding hydrogens is 327 g/mol. The van der Waals surface area contributed by atoms with E-state index in [-0.39, 0.29) is 25.9 Å². The number of nitrogens with zero attached hydrogens (tertiary/aromatic N) is 1. The fourth-order valence-corrected chi connectivity index (χ4v) is 3.89. The molecule has 0 amide bonds. The Morgan fingerprint density at radius 3 is 2.78 bits per heavy atom. The van der Waals surface area contributed by atoms with E-state index in [0.29, 0.717) is 6.42 Å². The van der Waals surface area contributed by atoms with Gasteiger partial charge in [-0.15, -0.1) is 9.05 Å². The Bertz CT molecular complexity index is 538. The Labute approximate surface area is 133 Å². The second kappa shape index (κ2) is 6.64.